The average molecular weight is 418 g/mol. The van der Waals surface area contributed by atoms with Crippen LogP contribution in [0.4, 0.5) is 0 Å². The van der Waals surface area contributed by atoms with Gasteiger partial charge in [0.2, 0.25) is 5.91 Å². The minimum absolute atomic E-state index is 0.104. The van der Waals surface area contributed by atoms with E-state index in [0.29, 0.717) is 13.1 Å². The van der Waals surface area contributed by atoms with Crippen molar-refractivity contribution in [3.05, 3.63) is 21.4 Å². The maximum absolute atomic E-state index is 13.3. The fourth-order valence-electron chi connectivity index (χ4n) is 5.69. The molecule has 4 aliphatic rings. The maximum atomic E-state index is 13.3. The molecule has 0 bridgehead atoms. The van der Waals surface area contributed by atoms with Crippen LogP contribution in [0.1, 0.15) is 59.1 Å². The number of thiophene rings is 1. The molecular formula is C22H31N3O3S. The molecule has 2 amide bonds. The molecule has 1 unspecified atom stereocenters. The van der Waals surface area contributed by atoms with Crippen LogP contribution < -0.4 is 5.32 Å². The van der Waals surface area contributed by atoms with E-state index in [2.05, 4.69) is 18.3 Å². The summed E-state index contributed by atoms with van der Waals surface area (Å²) in [5, 5.41) is 3.42. The molecule has 1 N–H and O–H groups in total. The molecule has 3 fully saturated rings. The summed E-state index contributed by atoms with van der Waals surface area (Å²) >= 11 is 1.64. The second-order valence-corrected chi connectivity index (χ2v) is 10.2. The first-order valence-corrected chi connectivity index (χ1v) is 12.0. The van der Waals surface area contributed by atoms with Gasteiger partial charge in [0.1, 0.15) is 5.60 Å². The molecule has 7 heteroatoms. The highest BCUT2D eigenvalue weighted by Gasteiger charge is 2.51. The third kappa shape index (κ3) is 3.13. The van der Waals surface area contributed by atoms with Gasteiger partial charge in [-0.25, -0.2) is 0 Å². The van der Waals surface area contributed by atoms with Crippen molar-refractivity contribution in [2.24, 2.45) is 5.41 Å². The summed E-state index contributed by atoms with van der Waals surface area (Å²) in [6, 6.07) is 2.11. The fourth-order valence-corrected chi connectivity index (χ4v) is 7.06. The fraction of sp³-hybridized carbons (Fsp3) is 0.727. The lowest BCUT2D eigenvalue weighted by Crippen LogP contribution is -2.44. The molecule has 6 nitrogen and oxygen atoms in total. The van der Waals surface area contributed by atoms with Crippen molar-refractivity contribution in [2.45, 2.75) is 51.0 Å². The van der Waals surface area contributed by atoms with Gasteiger partial charge in [0.25, 0.3) is 5.91 Å². The predicted molar refractivity (Wildman–Crippen MR) is 112 cm³/mol. The van der Waals surface area contributed by atoms with Crippen molar-refractivity contribution >= 4 is 23.2 Å². The Morgan fingerprint density at radius 3 is 2.83 bits per heavy atom. The number of nitrogens with zero attached hydrogens (tertiary/aromatic N) is 2. The Morgan fingerprint density at radius 1 is 1.24 bits per heavy atom. The molecule has 0 saturated carbocycles. The van der Waals surface area contributed by atoms with Gasteiger partial charge in [0.15, 0.2) is 0 Å². The smallest absolute Gasteiger partial charge is 0.263 e. The predicted octanol–water partition coefficient (Wildman–Crippen LogP) is 2.37. The molecule has 4 aliphatic heterocycles. The highest BCUT2D eigenvalue weighted by atomic mass is 32.1. The zero-order valence-corrected chi connectivity index (χ0v) is 18.1. The van der Waals surface area contributed by atoms with Gasteiger partial charge in [0.05, 0.1) is 16.9 Å². The van der Waals surface area contributed by atoms with Crippen LogP contribution in [0.25, 0.3) is 0 Å². The highest BCUT2D eigenvalue weighted by molar-refractivity contribution is 7.14. The highest BCUT2D eigenvalue weighted by Crippen LogP contribution is 2.46. The van der Waals surface area contributed by atoms with Gasteiger partial charge in [-0.1, -0.05) is 6.92 Å². The number of hydrogen-bond acceptors (Lipinski definition) is 5. The van der Waals surface area contributed by atoms with E-state index < -0.39 is 0 Å². The van der Waals surface area contributed by atoms with E-state index in [1.165, 1.54) is 10.4 Å². The molecule has 0 radical (unpaired) electrons. The lowest BCUT2D eigenvalue weighted by molar-refractivity contribution is -0.135. The first kappa shape index (κ1) is 19.5. The Kier molecular flexibility index (Phi) is 4.95. The van der Waals surface area contributed by atoms with Crippen molar-refractivity contribution in [1.82, 2.24) is 15.1 Å². The Bertz CT molecular complexity index is 816. The molecule has 1 atom stereocenters. The molecule has 1 aromatic rings. The Morgan fingerprint density at radius 2 is 2.03 bits per heavy atom. The maximum Gasteiger partial charge on any atom is 0.263 e. The summed E-state index contributed by atoms with van der Waals surface area (Å²) in [5.74, 6) is 0.370. The molecule has 158 valence electrons. The van der Waals surface area contributed by atoms with E-state index in [1.807, 2.05) is 9.80 Å². The van der Waals surface area contributed by atoms with E-state index in [4.69, 9.17) is 4.74 Å². The van der Waals surface area contributed by atoms with Crippen LogP contribution in [0.15, 0.2) is 6.07 Å². The van der Waals surface area contributed by atoms with E-state index in [1.54, 1.807) is 11.3 Å². The molecule has 3 saturated heterocycles. The summed E-state index contributed by atoms with van der Waals surface area (Å²) < 4.78 is 6.27. The number of nitrogens with one attached hydrogen (secondary N) is 1. The molecule has 29 heavy (non-hydrogen) atoms. The summed E-state index contributed by atoms with van der Waals surface area (Å²) in [5.41, 5.74) is 0.767. The van der Waals surface area contributed by atoms with Crippen LogP contribution in [0.2, 0.25) is 0 Å². The normalized spacial score (nSPS) is 28.5. The minimum Gasteiger partial charge on any atom is -0.369 e. The number of carbonyl (C=O) groups excluding carboxylic acids is 2. The van der Waals surface area contributed by atoms with Gasteiger partial charge >= 0.3 is 0 Å². The van der Waals surface area contributed by atoms with Crippen LogP contribution >= 0.6 is 11.3 Å². The quantitative estimate of drug-likeness (QED) is 0.820. The van der Waals surface area contributed by atoms with Gasteiger partial charge in [-0.05, 0) is 63.2 Å². The molecule has 1 aromatic heterocycles. The Labute approximate surface area is 176 Å². The third-order valence-corrected chi connectivity index (χ3v) is 8.68. The molecule has 5 rings (SSSR count). The topological polar surface area (TPSA) is 61.9 Å². The van der Waals surface area contributed by atoms with Crippen LogP contribution in [-0.2, 0) is 21.6 Å². The Hall–Kier alpha value is -1.44. The van der Waals surface area contributed by atoms with Crippen LogP contribution in [0.3, 0.4) is 0 Å². The number of fused-ring (bicyclic) bond motifs is 2. The van der Waals surface area contributed by atoms with E-state index in [9.17, 15) is 9.59 Å². The van der Waals surface area contributed by atoms with Gasteiger partial charge in [-0.2, -0.15) is 0 Å². The van der Waals surface area contributed by atoms with Gasteiger partial charge in [-0.15, -0.1) is 11.3 Å². The van der Waals surface area contributed by atoms with E-state index in [0.717, 1.165) is 76.2 Å². The number of rotatable bonds is 3. The van der Waals surface area contributed by atoms with E-state index in [-0.39, 0.29) is 22.8 Å². The van der Waals surface area contributed by atoms with Gasteiger partial charge in [0, 0.05) is 31.1 Å². The van der Waals surface area contributed by atoms with E-state index >= 15 is 0 Å². The average Bonchev–Trinajstić information content (AvgIpc) is 3.44. The number of carbonyl (C=O) groups is 2. The lowest BCUT2D eigenvalue weighted by Gasteiger charge is -2.40. The van der Waals surface area contributed by atoms with Crippen LogP contribution in [-0.4, -0.2) is 67.5 Å². The van der Waals surface area contributed by atoms with Gasteiger partial charge < -0.3 is 19.9 Å². The summed E-state index contributed by atoms with van der Waals surface area (Å²) in [6.07, 6.45) is 5.53. The standard InChI is InChI=1S/C22H31N3O3S/c1-2-10-24-11-6-21(20(24)27)7-12-25(15-21)19(26)17-14-16-3-13-28-22(18(16)29-17)4-8-23-9-5-22/h14,23H,2-13,15H2,1H3. The first-order valence-electron chi connectivity index (χ1n) is 11.1. The Balaban J connectivity index is 1.34. The SMILES string of the molecule is CCCN1CCC2(CCN(C(=O)c3cc4c(s3)C3(CCNCC3)OCC4)C2)C1=O. The lowest BCUT2D eigenvalue weighted by atomic mass is 9.85. The number of likely N-dealkylation sites (tertiary alicyclic amines) is 2. The monoisotopic (exact) mass is 417 g/mol. The van der Waals surface area contributed by atoms with Gasteiger partial charge in [-0.3, -0.25) is 9.59 Å². The summed E-state index contributed by atoms with van der Waals surface area (Å²) in [6.45, 7) is 7.74. The van der Waals surface area contributed by atoms with Crippen molar-refractivity contribution in [3.63, 3.8) is 0 Å². The second-order valence-electron chi connectivity index (χ2n) is 9.11. The molecular weight excluding hydrogens is 386 g/mol. The third-order valence-electron chi connectivity index (χ3n) is 7.33. The number of piperidine rings is 1. The minimum atomic E-state index is -0.332. The van der Waals surface area contributed by atoms with Crippen molar-refractivity contribution in [3.8, 4) is 0 Å². The number of ether oxygens (including phenoxy) is 1. The van der Waals surface area contributed by atoms with Crippen LogP contribution in [0.5, 0.6) is 0 Å². The largest absolute Gasteiger partial charge is 0.369 e. The molecule has 5 heterocycles. The number of amides is 2. The second kappa shape index (κ2) is 7.36. The van der Waals surface area contributed by atoms with Crippen molar-refractivity contribution in [1.29, 1.82) is 0 Å². The summed E-state index contributed by atoms with van der Waals surface area (Å²) in [4.78, 5) is 32.3. The zero-order valence-electron chi connectivity index (χ0n) is 17.3. The van der Waals surface area contributed by atoms with Crippen molar-refractivity contribution in [2.75, 3.05) is 45.9 Å². The zero-order chi connectivity index (χ0) is 20.1. The van der Waals surface area contributed by atoms with Crippen LogP contribution in [0, 0.1) is 5.41 Å². The molecule has 2 spiro atoms. The molecule has 0 aromatic carbocycles. The first-order chi connectivity index (χ1) is 14.1. The molecule has 0 aliphatic carbocycles. The number of hydrogen-bond donors (Lipinski definition) is 1. The van der Waals surface area contributed by atoms with Crippen molar-refractivity contribution < 1.29 is 14.3 Å². The summed E-state index contributed by atoms with van der Waals surface area (Å²) in [7, 11) is 0.